The SMILES string of the molecule is COC(=O)[C@H]1CC2(CCO2)C[C@H]1NC(=O)OCc1ccccc1. The molecule has 2 aliphatic rings. The summed E-state index contributed by atoms with van der Waals surface area (Å²) in [6.07, 6.45) is 1.60. The molecule has 1 amide bonds. The number of methoxy groups -OCH3 is 1. The van der Waals surface area contributed by atoms with E-state index in [9.17, 15) is 9.59 Å². The zero-order valence-electron chi connectivity index (χ0n) is 13.1. The van der Waals surface area contributed by atoms with E-state index in [0.29, 0.717) is 19.4 Å². The maximum Gasteiger partial charge on any atom is 0.407 e. The number of carbonyl (C=O) groups is 2. The zero-order valence-corrected chi connectivity index (χ0v) is 13.1. The van der Waals surface area contributed by atoms with Crippen molar-refractivity contribution >= 4 is 12.1 Å². The molecule has 124 valence electrons. The molecule has 0 radical (unpaired) electrons. The van der Waals surface area contributed by atoms with E-state index >= 15 is 0 Å². The summed E-state index contributed by atoms with van der Waals surface area (Å²) < 4.78 is 15.7. The standard InChI is InChI=1S/C17H21NO5/c1-21-15(19)13-9-17(7-8-23-17)10-14(13)18-16(20)22-11-12-5-3-2-4-6-12/h2-6,13-14H,7-11H2,1H3,(H,18,20)/t13-,14+,17?/m0/s1. The fourth-order valence-electron chi connectivity index (χ4n) is 3.35. The number of ether oxygens (including phenoxy) is 3. The van der Waals surface area contributed by atoms with E-state index in [2.05, 4.69) is 5.32 Å². The highest BCUT2D eigenvalue weighted by atomic mass is 16.6. The third kappa shape index (κ3) is 3.47. The second-order valence-electron chi connectivity index (χ2n) is 6.13. The van der Waals surface area contributed by atoms with Crippen LogP contribution in [-0.2, 0) is 25.6 Å². The first-order valence-corrected chi connectivity index (χ1v) is 7.81. The second kappa shape index (κ2) is 6.58. The predicted octanol–water partition coefficient (Wildman–Crippen LogP) is 2.02. The topological polar surface area (TPSA) is 73.9 Å². The van der Waals surface area contributed by atoms with Gasteiger partial charge in [-0.05, 0) is 24.8 Å². The first kappa shape index (κ1) is 15.8. The van der Waals surface area contributed by atoms with Gasteiger partial charge in [0.2, 0.25) is 0 Å². The van der Waals surface area contributed by atoms with Gasteiger partial charge < -0.3 is 19.5 Å². The van der Waals surface area contributed by atoms with Crippen LogP contribution in [0.1, 0.15) is 24.8 Å². The molecule has 1 unspecified atom stereocenters. The van der Waals surface area contributed by atoms with Gasteiger partial charge in [-0.1, -0.05) is 30.3 Å². The van der Waals surface area contributed by atoms with Crippen LogP contribution in [0.15, 0.2) is 30.3 Å². The number of carbonyl (C=O) groups excluding carboxylic acids is 2. The average molecular weight is 319 g/mol. The Kier molecular flexibility index (Phi) is 4.52. The molecular weight excluding hydrogens is 298 g/mol. The fraction of sp³-hybridized carbons (Fsp3) is 0.529. The van der Waals surface area contributed by atoms with Gasteiger partial charge in [-0.3, -0.25) is 4.79 Å². The van der Waals surface area contributed by atoms with E-state index in [4.69, 9.17) is 14.2 Å². The molecule has 0 aromatic heterocycles. The van der Waals surface area contributed by atoms with Crippen LogP contribution in [0.4, 0.5) is 4.79 Å². The zero-order chi connectivity index (χ0) is 16.3. The van der Waals surface area contributed by atoms with Crippen molar-refractivity contribution in [3.05, 3.63) is 35.9 Å². The van der Waals surface area contributed by atoms with E-state index < -0.39 is 6.09 Å². The number of hydrogen-bond acceptors (Lipinski definition) is 5. The molecule has 3 atom stereocenters. The van der Waals surface area contributed by atoms with Crippen molar-refractivity contribution in [1.82, 2.24) is 5.32 Å². The summed E-state index contributed by atoms with van der Waals surface area (Å²) in [5, 5.41) is 2.80. The van der Waals surface area contributed by atoms with Crippen molar-refractivity contribution in [2.75, 3.05) is 13.7 Å². The molecule has 6 nitrogen and oxygen atoms in total. The highest BCUT2D eigenvalue weighted by Crippen LogP contribution is 2.45. The minimum atomic E-state index is -0.524. The predicted molar refractivity (Wildman–Crippen MR) is 81.6 cm³/mol. The summed E-state index contributed by atoms with van der Waals surface area (Å²) in [4.78, 5) is 24.0. The lowest BCUT2D eigenvalue weighted by atomic mass is 9.92. The molecule has 1 heterocycles. The lowest BCUT2D eigenvalue weighted by Gasteiger charge is -2.38. The van der Waals surface area contributed by atoms with Gasteiger partial charge in [0.1, 0.15) is 6.61 Å². The van der Waals surface area contributed by atoms with Crippen molar-refractivity contribution in [3.63, 3.8) is 0 Å². The van der Waals surface area contributed by atoms with E-state index in [1.807, 2.05) is 30.3 Å². The molecule has 23 heavy (non-hydrogen) atoms. The Morgan fingerprint density at radius 1 is 1.30 bits per heavy atom. The van der Waals surface area contributed by atoms with Crippen molar-refractivity contribution in [2.45, 2.75) is 37.5 Å². The molecule has 1 aromatic carbocycles. The Balaban J connectivity index is 1.56. The molecule has 3 rings (SSSR count). The molecule has 1 aliphatic heterocycles. The minimum absolute atomic E-state index is 0.198. The lowest BCUT2D eigenvalue weighted by molar-refractivity contribution is -0.155. The first-order chi connectivity index (χ1) is 11.1. The summed E-state index contributed by atoms with van der Waals surface area (Å²) in [7, 11) is 1.36. The van der Waals surface area contributed by atoms with E-state index in [0.717, 1.165) is 12.0 Å². The maximum atomic E-state index is 12.0. The van der Waals surface area contributed by atoms with Crippen LogP contribution in [-0.4, -0.2) is 37.4 Å². The van der Waals surface area contributed by atoms with Gasteiger partial charge in [0.05, 0.1) is 25.2 Å². The molecular formula is C17H21NO5. The van der Waals surface area contributed by atoms with Gasteiger partial charge >= 0.3 is 12.1 Å². The monoisotopic (exact) mass is 319 g/mol. The van der Waals surface area contributed by atoms with Crippen LogP contribution in [0.3, 0.4) is 0 Å². The van der Waals surface area contributed by atoms with Gasteiger partial charge in [-0.25, -0.2) is 4.79 Å². The Labute approximate surface area is 135 Å². The number of rotatable bonds is 4. The first-order valence-electron chi connectivity index (χ1n) is 7.81. The summed E-state index contributed by atoms with van der Waals surface area (Å²) >= 11 is 0. The summed E-state index contributed by atoms with van der Waals surface area (Å²) in [6.45, 7) is 0.906. The highest BCUT2D eigenvalue weighted by molar-refractivity contribution is 5.76. The average Bonchev–Trinajstić information content (AvgIpc) is 2.93. The molecule has 0 bridgehead atoms. The lowest BCUT2D eigenvalue weighted by Crippen LogP contribution is -2.44. The molecule has 1 spiro atoms. The smallest absolute Gasteiger partial charge is 0.407 e. The van der Waals surface area contributed by atoms with Crippen LogP contribution in [0.2, 0.25) is 0 Å². The van der Waals surface area contributed by atoms with Crippen LogP contribution in [0.25, 0.3) is 0 Å². The molecule has 1 saturated carbocycles. The molecule has 2 fully saturated rings. The van der Waals surface area contributed by atoms with E-state index in [1.165, 1.54) is 7.11 Å². The van der Waals surface area contributed by atoms with Gasteiger partial charge in [0, 0.05) is 6.04 Å². The van der Waals surface area contributed by atoms with E-state index in [1.54, 1.807) is 0 Å². The number of nitrogens with one attached hydrogen (secondary N) is 1. The number of amides is 1. The Bertz CT molecular complexity index is 570. The maximum absolute atomic E-state index is 12.0. The summed E-state index contributed by atoms with van der Waals surface area (Å²) in [5.41, 5.74) is 0.633. The minimum Gasteiger partial charge on any atom is -0.469 e. The van der Waals surface area contributed by atoms with Gasteiger partial charge in [0.25, 0.3) is 0 Å². The third-order valence-electron chi connectivity index (χ3n) is 4.66. The van der Waals surface area contributed by atoms with Crippen molar-refractivity contribution in [1.29, 1.82) is 0 Å². The van der Waals surface area contributed by atoms with Crippen LogP contribution in [0.5, 0.6) is 0 Å². The summed E-state index contributed by atoms with van der Waals surface area (Å²) in [5.74, 6) is -0.699. The van der Waals surface area contributed by atoms with E-state index in [-0.39, 0.29) is 30.1 Å². The normalized spacial score (nSPS) is 28.9. The van der Waals surface area contributed by atoms with Crippen LogP contribution >= 0.6 is 0 Å². The Morgan fingerprint density at radius 2 is 2.04 bits per heavy atom. The molecule has 6 heteroatoms. The van der Waals surface area contributed by atoms with Crippen molar-refractivity contribution < 1.29 is 23.8 Å². The largest absolute Gasteiger partial charge is 0.469 e. The van der Waals surface area contributed by atoms with Gasteiger partial charge in [0.15, 0.2) is 0 Å². The molecule has 1 aliphatic carbocycles. The van der Waals surface area contributed by atoms with Crippen molar-refractivity contribution in [2.24, 2.45) is 5.92 Å². The Morgan fingerprint density at radius 3 is 2.65 bits per heavy atom. The molecule has 1 saturated heterocycles. The molecule has 1 N–H and O–H groups in total. The summed E-state index contributed by atoms with van der Waals surface area (Å²) in [6, 6.07) is 9.14. The fourth-order valence-corrected chi connectivity index (χ4v) is 3.35. The highest BCUT2D eigenvalue weighted by Gasteiger charge is 2.53. The number of esters is 1. The van der Waals surface area contributed by atoms with Gasteiger partial charge in [-0.15, -0.1) is 0 Å². The second-order valence-corrected chi connectivity index (χ2v) is 6.13. The molecule has 1 aromatic rings. The van der Waals surface area contributed by atoms with Crippen molar-refractivity contribution in [3.8, 4) is 0 Å². The number of alkyl carbamates (subject to hydrolysis) is 1. The Hall–Kier alpha value is -2.08. The third-order valence-corrected chi connectivity index (χ3v) is 4.66. The quantitative estimate of drug-likeness (QED) is 0.860. The number of benzene rings is 1. The van der Waals surface area contributed by atoms with Gasteiger partial charge in [-0.2, -0.15) is 0 Å². The van der Waals surface area contributed by atoms with Crippen LogP contribution in [0, 0.1) is 5.92 Å². The number of hydrogen-bond donors (Lipinski definition) is 1. The van der Waals surface area contributed by atoms with Crippen LogP contribution < -0.4 is 5.32 Å².